The summed E-state index contributed by atoms with van der Waals surface area (Å²) in [6, 6.07) is 18.0. The third-order valence-electron chi connectivity index (χ3n) is 3.93. The molecule has 0 spiro atoms. The molecule has 0 atom stereocenters. The van der Waals surface area contributed by atoms with Crippen LogP contribution in [0.2, 0.25) is 55.8 Å². The number of fused-ring (bicyclic) bond motifs is 2. The molecule has 0 bridgehead atoms. The van der Waals surface area contributed by atoms with Crippen LogP contribution >= 0.6 is 0 Å². The van der Waals surface area contributed by atoms with Gasteiger partial charge in [-0.15, -0.1) is 0 Å². The molecule has 0 aromatic heterocycles. The van der Waals surface area contributed by atoms with E-state index in [0.29, 0.717) is 0 Å². The van der Waals surface area contributed by atoms with Crippen LogP contribution < -0.4 is 10.4 Å². The Bertz CT molecular complexity index is 736. The summed E-state index contributed by atoms with van der Waals surface area (Å²) in [7, 11) is -0.985. The molecule has 0 aliphatic heterocycles. The van der Waals surface area contributed by atoms with E-state index in [-0.39, 0.29) is 0 Å². The van der Waals surface area contributed by atoms with E-state index in [2.05, 4.69) is 104 Å². The number of hydrogen-bond acceptors (Lipinski definition) is 0. The van der Waals surface area contributed by atoms with Crippen LogP contribution in [0.15, 0.2) is 48.5 Å². The molecular formula is C24H38Si2Sn2. The molecule has 3 rings (SSSR count). The van der Waals surface area contributed by atoms with Crippen LogP contribution in [-0.2, 0) is 0 Å². The van der Waals surface area contributed by atoms with Gasteiger partial charge in [-0.1, -0.05) is 74.7 Å². The fourth-order valence-corrected chi connectivity index (χ4v) is 6.23. The number of hydrogen-bond donors (Lipinski definition) is 0. The predicted molar refractivity (Wildman–Crippen MR) is 142 cm³/mol. The van der Waals surface area contributed by atoms with Crippen molar-refractivity contribution in [2.24, 2.45) is 0 Å². The predicted octanol–water partition coefficient (Wildman–Crippen LogP) is 6.66. The Morgan fingerprint density at radius 1 is 0.464 bits per heavy atom. The molecule has 0 saturated carbocycles. The summed E-state index contributed by atoms with van der Waals surface area (Å²) in [5, 5.41) is 9.18. The Morgan fingerprint density at radius 3 is 0.786 bits per heavy atom. The second-order valence-corrected chi connectivity index (χ2v) is 31.0. The van der Waals surface area contributed by atoms with Gasteiger partial charge in [0.1, 0.15) is 0 Å². The van der Waals surface area contributed by atoms with E-state index in [1.165, 1.54) is 21.5 Å². The van der Waals surface area contributed by atoms with Crippen LogP contribution in [0.5, 0.6) is 0 Å². The molecule has 0 amide bonds. The fraction of sp³-hybridized carbons (Fsp3) is 0.417. The van der Waals surface area contributed by atoms with Gasteiger partial charge in [0.15, 0.2) is 0 Å². The molecule has 3 aromatic rings. The average Bonchev–Trinajstić information content (AvgIpc) is 2.57. The van der Waals surface area contributed by atoms with Crippen LogP contribution in [0.25, 0.3) is 21.5 Å². The Morgan fingerprint density at radius 2 is 0.643 bits per heavy atom. The zero-order valence-electron chi connectivity index (χ0n) is 19.6. The summed E-state index contributed by atoms with van der Waals surface area (Å²) in [4.78, 5) is 14.2. The van der Waals surface area contributed by atoms with Crippen molar-refractivity contribution in [2.75, 3.05) is 0 Å². The van der Waals surface area contributed by atoms with Gasteiger partial charge < -0.3 is 0 Å². The van der Waals surface area contributed by atoms with Crippen molar-refractivity contribution in [3.8, 4) is 0 Å². The molecule has 0 saturated heterocycles. The zero-order valence-corrected chi connectivity index (χ0v) is 27.3. The van der Waals surface area contributed by atoms with Crippen molar-refractivity contribution in [1.29, 1.82) is 0 Å². The first-order valence-corrected chi connectivity index (χ1v) is 32.3. The Hall–Kier alpha value is 0.211. The summed E-state index contributed by atoms with van der Waals surface area (Å²) in [5.74, 6) is 0. The van der Waals surface area contributed by atoms with Gasteiger partial charge in [0, 0.05) is 0 Å². The van der Waals surface area contributed by atoms with Crippen LogP contribution in [0.4, 0.5) is 0 Å². The second-order valence-electron chi connectivity index (χ2n) is 8.84. The van der Waals surface area contributed by atoms with E-state index in [0.717, 1.165) is 0 Å². The Labute approximate surface area is 191 Å². The molecule has 28 heavy (non-hydrogen) atoms. The van der Waals surface area contributed by atoms with Gasteiger partial charge in [0.05, 0.1) is 17.6 Å². The minimum atomic E-state index is -0.543. The maximum atomic E-state index is 2.41. The summed E-state index contributed by atoms with van der Waals surface area (Å²) in [5.41, 5.74) is 0. The van der Waals surface area contributed by atoms with Gasteiger partial charge in [-0.2, -0.15) is 0 Å². The molecular weight excluding hydrogens is 582 g/mol. The van der Waals surface area contributed by atoms with E-state index >= 15 is 0 Å². The number of rotatable bonds is 2. The van der Waals surface area contributed by atoms with E-state index < -0.39 is 57.1 Å². The molecule has 0 heterocycles. The first-order valence-electron chi connectivity index (χ1n) is 10.2. The monoisotopic (exact) mass is 622 g/mol. The second kappa shape index (κ2) is 12.8. The van der Waals surface area contributed by atoms with E-state index in [1.54, 1.807) is 10.4 Å². The summed E-state index contributed by atoms with van der Waals surface area (Å²) < 4.78 is 0. The molecule has 0 nitrogen and oxygen atoms in total. The zero-order chi connectivity index (χ0) is 21.4. The fourth-order valence-electron chi connectivity index (χ4n) is 3.21. The van der Waals surface area contributed by atoms with Crippen molar-refractivity contribution in [2.45, 2.75) is 55.8 Å². The molecule has 0 N–H and O–H groups in total. The molecule has 0 aliphatic rings. The van der Waals surface area contributed by atoms with Crippen molar-refractivity contribution in [1.82, 2.24) is 0 Å². The third kappa shape index (κ3) is 7.80. The molecule has 150 valence electrons. The van der Waals surface area contributed by atoms with Gasteiger partial charge in [-0.25, -0.2) is 0 Å². The third-order valence-corrected chi connectivity index (χ3v) is 7.01. The molecule has 0 aliphatic carbocycles. The summed E-state index contributed by atoms with van der Waals surface area (Å²) in [6.45, 7) is 9.62. The van der Waals surface area contributed by atoms with E-state index in [1.807, 2.05) is 0 Å². The summed E-state index contributed by atoms with van der Waals surface area (Å²) >= 11 is -1.09. The normalized spacial score (nSPS) is 11.1. The standard InChI is InChI=1S/C18H20Si2.6CH3.2Sn/c1-19(2)17-13-9-5-7-11-15(13)18(20(3)4)16-12-8-6-10-14(16)17;;;;;;;;/h5-12H,1-4H3;6*1H3;;. The topological polar surface area (TPSA) is 0 Å². The number of benzene rings is 3. The Balaban J connectivity index is 0.000000420. The first-order chi connectivity index (χ1) is 13.1. The van der Waals surface area contributed by atoms with Gasteiger partial charge in [-0.05, 0) is 31.9 Å². The van der Waals surface area contributed by atoms with Crippen LogP contribution in [0.1, 0.15) is 0 Å². The van der Waals surface area contributed by atoms with Crippen LogP contribution in [0.3, 0.4) is 0 Å². The SMILES string of the molecule is C[Si](C)c1c2ccccc2c([Si](C)C)c2ccccc12.[CH3][Sn]([CH3])[CH3].[CH3][Sn]([CH3])[CH3]. The maximum absolute atomic E-state index is 2.41. The van der Waals surface area contributed by atoms with Gasteiger partial charge >= 0.3 is 69.2 Å². The average molecular weight is 620 g/mol. The van der Waals surface area contributed by atoms with Crippen molar-refractivity contribution in [3.63, 3.8) is 0 Å². The molecule has 0 fully saturated rings. The first kappa shape index (κ1) is 26.2. The Kier molecular flexibility index (Phi) is 12.0. The summed E-state index contributed by atoms with van der Waals surface area (Å²) in [6.07, 6.45) is 0. The molecule has 4 radical (unpaired) electrons. The van der Waals surface area contributed by atoms with Gasteiger partial charge in [0.2, 0.25) is 0 Å². The van der Waals surface area contributed by atoms with Crippen molar-refractivity contribution < 1.29 is 0 Å². The molecule has 4 heteroatoms. The van der Waals surface area contributed by atoms with Crippen LogP contribution in [-0.4, -0.2) is 57.1 Å². The quantitative estimate of drug-likeness (QED) is 0.222. The van der Waals surface area contributed by atoms with Crippen LogP contribution in [0, 0.1) is 0 Å². The van der Waals surface area contributed by atoms with Gasteiger partial charge in [-0.3, -0.25) is 0 Å². The van der Waals surface area contributed by atoms with Crippen molar-refractivity contribution >= 4 is 89.0 Å². The van der Waals surface area contributed by atoms with E-state index in [9.17, 15) is 0 Å². The van der Waals surface area contributed by atoms with E-state index in [4.69, 9.17) is 0 Å². The molecule has 3 aromatic carbocycles. The molecule has 0 unspecified atom stereocenters. The minimum absolute atomic E-state index is 0.493. The van der Waals surface area contributed by atoms with Crippen molar-refractivity contribution in [3.05, 3.63) is 48.5 Å². The van der Waals surface area contributed by atoms with Gasteiger partial charge in [0.25, 0.3) is 0 Å².